The van der Waals surface area contributed by atoms with Crippen molar-refractivity contribution in [2.24, 2.45) is 23.2 Å². The number of halogens is 2. The summed E-state index contributed by atoms with van der Waals surface area (Å²) in [4.78, 5) is 14.7. The number of amides is 1. The molecule has 4 aliphatic rings. The Morgan fingerprint density at radius 1 is 1.31 bits per heavy atom. The van der Waals surface area contributed by atoms with Gasteiger partial charge in [-0.1, -0.05) is 20.3 Å². The Labute approximate surface area is 208 Å². The summed E-state index contributed by atoms with van der Waals surface area (Å²) in [6, 6.07) is 2.20. The fraction of sp³-hybridized carbons (Fsp3) is 0.680. The van der Waals surface area contributed by atoms with E-state index >= 15 is 0 Å². The minimum Gasteiger partial charge on any atom is -0.350 e. The molecule has 3 unspecified atom stereocenters. The van der Waals surface area contributed by atoms with Crippen LogP contribution < -0.4 is 5.32 Å². The number of nitrogens with zero attached hydrogens (tertiary/aromatic N) is 2. The van der Waals surface area contributed by atoms with Crippen molar-refractivity contribution in [2.45, 2.75) is 71.8 Å². The summed E-state index contributed by atoms with van der Waals surface area (Å²) < 4.78 is 3.24. The first-order valence-electron chi connectivity index (χ1n) is 12.1. The number of rotatable bonds is 8. The summed E-state index contributed by atoms with van der Waals surface area (Å²) >= 11 is 11.3. The zero-order chi connectivity index (χ0) is 22.5. The number of nitrogens with one attached hydrogen (secondary N) is 1. The molecule has 2 aromatic heterocycles. The van der Waals surface area contributed by atoms with E-state index in [1.807, 2.05) is 0 Å². The van der Waals surface area contributed by atoms with Crippen LogP contribution in [0.2, 0.25) is 0 Å². The van der Waals surface area contributed by atoms with E-state index in [0.29, 0.717) is 22.9 Å². The lowest BCUT2D eigenvalue weighted by atomic mass is 9.45. The predicted octanol–water partition coefficient (Wildman–Crippen LogP) is 6.68. The number of hydrogen-bond acceptors (Lipinski definition) is 3. The van der Waals surface area contributed by atoms with E-state index in [2.05, 4.69) is 45.8 Å². The van der Waals surface area contributed by atoms with E-state index in [0.717, 1.165) is 72.1 Å². The lowest BCUT2D eigenvalue weighted by Crippen LogP contribution is -2.54. The van der Waals surface area contributed by atoms with Crippen molar-refractivity contribution >= 4 is 44.8 Å². The molecule has 2 aromatic rings. The maximum Gasteiger partial charge on any atom is 0.272 e. The Bertz CT molecular complexity index is 1010. The zero-order valence-corrected chi connectivity index (χ0v) is 22.2. The number of unbranched alkanes of at least 4 members (excludes halogenated alkanes) is 2. The molecule has 4 aliphatic carbocycles. The fourth-order valence-corrected chi connectivity index (χ4v) is 8.34. The molecule has 3 saturated carbocycles. The molecule has 0 radical (unpaired) electrons. The Kier molecular flexibility index (Phi) is 6.50. The number of aromatic nitrogens is 2. The van der Waals surface area contributed by atoms with Crippen LogP contribution in [-0.2, 0) is 19.4 Å². The molecule has 174 valence electrons. The monoisotopic (exact) mass is 537 g/mol. The van der Waals surface area contributed by atoms with Crippen LogP contribution in [0.5, 0.6) is 0 Å². The summed E-state index contributed by atoms with van der Waals surface area (Å²) in [6.07, 6.45) is 8.91. The van der Waals surface area contributed by atoms with Crippen molar-refractivity contribution in [1.29, 1.82) is 0 Å². The van der Waals surface area contributed by atoms with E-state index in [1.54, 1.807) is 11.3 Å². The van der Waals surface area contributed by atoms with Gasteiger partial charge >= 0.3 is 0 Å². The van der Waals surface area contributed by atoms with Gasteiger partial charge < -0.3 is 5.32 Å². The van der Waals surface area contributed by atoms with Gasteiger partial charge in [0.05, 0.1) is 9.48 Å². The molecule has 0 aromatic carbocycles. The van der Waals surface area contributed by atoms with Crippen LogP contribution >= 0.6 is 38.9 Å². The number of fused-ring (bicyclic) bond motifs is 5. The third-order valence-corrected chi connectivity index (χ3v) is 10.4. The van der Waals surface area contributed by atoms with Crippen LogP contribution in [0.3, 0.4) is 0 Å². The molecule has 7 heteroatoms. The predicted molar refractivity (Wildman–Crippen MR) is 136 cm³/mol. The smallest absolute Gasteiger partial charge is 0.272 e. The number of thiophene rings is 1. The molecular weight excluding hydrogens is 506 g/mol. The first kappa shape index (κ1) is 22.9. The topological polar surface area (TPSA) is 46.9 Å². The van der Waals surface area contributed by atoms with E-state index in [-0.39, 0.29) is 5.91 Å². The van der Waals surface area contributed by atoms with Crippen molar-refractivity contribution in [1.82, 2.24) is 15.1 Å². The molecule has 1 amide bonds. The van der Waals surface area contributed by atoms with Gasteiger partial charge in [-0.2, -0.15) is 5.10 Å². The SMILES string of the molecule is CC1(C)C2CCC(CNC(=O)c3nn(CCCCCCl)c4c3CCc3sc(Br)cc3-4)C1C2. The fourth-order valence-electron chi connectivity index (χ4n) is 6.45. The number of carbonyl (C=O) groups is 1. The molecular formula is C25H33BrClN3OS. The molecule has 0 aliphatic heterocycles. The minimum absolute atomic E-state index is 0.0118. The highest BCUT2D eigenvalue weighted by atomic mass is 79.9. The second-order valence-corrected chi connectivity index (χ2v) is 13.3. The van der Waals surface area contributed by atoms with Gasteiger partial charge in [0.25, 0.3) is 5.91 Å². The average Bonchev–Trinajstić information content (AvgIpc) is 3.34. The molecule has 4 nitrogen and oxygen atoms in total. The number of carbonyl (C=O) groups excluding carboxylic acids is 1. The number of hydrogen-bond donors (Lipinski definition) is 1. The first-order valence-corrected chi connectivity index (χ1v) is 14.3. The molecule has 3 atom stereocenters. The van der Waals surface area contributed by atoms with E-state index in [9.17, 15) is 4.79 Å². The summed E-state index contributed by atoms with van der Waals surface area (Å²) in [5, 5.41) is 8.17. The molecule has 0 saturated heterocycles. The second-order valence-electron chi connectivity index (χ2n) is 10.4. The standard InChI is InChI=1S/C25H33BrClN3OS/c1-25(2)16-7-6-15(19(25)12-16)14-28-24(31)22-17-8-9-20-18(13-21(26)32-20)23(17)30(29-22)11-5-3-4-10-27/h13,15-16,19H,3-12,14H2,1-2H3,(H,28,31). The molecule has 32 heavy (non-hydrogen) atoms. The Morgan fingerprint density at radius 3 is 2.91 bits per heavy atom. The van der Waals surface area contributed by atoms with Crippen molar-refractivity contribution in [2.75, 3.05) is 12.4 Å². The van der Waals surface area contributed by atoms with Crippen molar-refractivity contribution in [3.05, 3.63) is 26.0 Å². The zero-order valence-electron chi connectivity index (χ0n) is 19.1. The molecule has 6 rings (SSSR count). The maximum atomic E-state index is 13.3. The highest BCUT2D eigenvalue weighted by Crippen LogP contribution is 2.61. The highest BCUT2D eigenvalue weighted by Gasteiger charge is 2.54. The van der Waals surface area contributed by atoms with Gasteiger partial charge in [0.1, 0.15) is 0 Å². The number of aryl methyl sites for hydroxylation is 2. The van der Waals surface area contributed by atoms with Crippen LogP contribution in [0, 0.1) is 23.2 Å². The van der Waals surface area contributed by atoms with Gasteiger partial charge in [0, 0.05) is 35.0 Å². The first-order chi connectivity index (χ1) is 15.4. The molecule has 0 spiro atoms. The summed E-state index contributed by atoms with van der Waals surface area (Å²) in [6.45, 7) is 6.45. The maximum absolute atomic E-state index is 13.3. The quantitative estimate of drug-likeness (QED) is 0.301. The Hall–Kier alpha value is -0.850. The Balaban J connectivity index is 1.35. The molecule has 2 heterocycles. The summed E-state index contributed by atoms with van der Waals surface area (Å²) in [5.41, 5.74) is 4.63. The van der Waals surface area contributed by atoms with Gasteiger partial charge in [0.15, 0.2) is 5.69 Å². The van der Waals surface area contributed by atoms with Crippen LogP contribution in [0.4, 0.5) is 0 Å². The van der Waals surface area contributed by atoms with Crippen molar-refractivity contribution in [3.63, 3.8) is 0 Å². The summed E-state index contributed by atoms with van der Waals surface area (Å²) in [7, 11) is 0. The molecule has 3 fully saturated rings. The average molecular weight is 539 g/mol. The van der Waals surface area contributed by atoms with E-state index < -0.39 is 0 Å². The van der Waals surface area contributed by atoms with Crippen LogP contribution in [0.25, 0.3) is 11.3 Å². The van der Waals surface area contributed by atoms with Crippen LogP contribution in [-0.4, -0.2) is 28.1 Å². The van der Waals surface area contributed by atoms with E-state index in [4.69, 9.17) is 16.7 Å². The van der Waals surface area contributed by atoms with Crippen molar-refractivity contribution < 1.29 is 4.79 Å². The highest BCUT2D eigenvalue weighted by molar-refractivity contribution is 9.11. The minimum atomic E-state index is 0.0118. The van der Waals surface area contributed by atoms with Gasteiger partial charge in [-0.05, 0) is 90.1 Å². The van der Waals surface area contributed by atoms with E-state index in [1.165, 1.54) is 29.7 Å². The Morgan fingerprint density at radius 2 is 2.16 bits per heavy atom. The normalized spacial score (nSPS) is 25.1. The third-order valence-electron chi connectivity index (χ3n) is 8.43. The largest absolute Gasteiger partial charge is 0.350 e. The molecule has 2 bridgehead atoms. The lowest BCUT2D eigenvalue weighted by Gasteiger charge is -2.60. The third kappa shape index (κ3) is 3.98. The van der Waals surface area contributed by atoms with Crippen molar-refractivity contribution in [3.8, 4) is 11.3 Å². The van der Waals surface area contributed by atoms with Crippen LogP contribution in [0.1, 0.15) is 73.3 Å². The van der Waals surface area contributed by atoms with Gasteiger partial charge in [0.2, 0.25) is 0 Å². The van der Waals surface area contributed by atoms with Gasteiger partial charge in [-0.15, -0.1) is 22.9 Å². The number of alkyl halides is 1. The van der Waals surface area contributed by atoms with Crippen LogP contribution in [0.15, 0.2) is 9.85 Å². The lowest BCUT2D eigenvalue weighted by molar-refractivity contribution is -0.103. The van der Waals surface area contributed by atoms with Gasteiger partial charge in [-0.3, -0.25) is 9.48 Å². The second kappa shape index (κ2) is 9.07. The molecule has 1 N–H and O–H groups in total. The summed E-state index contributed by atoms with van der Waals surface area (Å²) in [5.74, 6) is 2.96. The van der Waals surface area contributed by atoms with Gasteiger partial charge in [-0.25, -0.2) is 0 Å².